The van der Waals surface area contributed by atoms with E-state index in [0.29, 0.717) is 11.5 Å². The van der Waals surface area contributed by atoms with Gasteiger partial charge >= 0.3 is 0 Å². The van der Waals surface area contributed by atoms with Crippen molar-refractivity contribution >= 4 is 27.2 Å². The van der Waals surface area contributed by atoms with Gasteiger partial charge in [-0.2, -0.15) is 0 Å². The fourth-order valence-corrected chi connectivity index (χ4v) is 4.88. The minimum Gasteiger partial charge on any atom is -0.379 e. The smallest absolute Gasteiger partial charge is 0.168 e. The summed E-state index contributed by atoms with van der Waals surface area (Å²) in [6.07, 6.45) is 1.67. The number of ether oxygens (including phenoxy) is 1. The van der Waals surface area contributed by atoms with Crippen molar-refractivity contribution in [2.45, 2.75) is 18.9 Å². The molecule has 0 aromatic heterocycles. The van der Waals surface area contributed by atoms with Crippen molar-refractivity contribution in [1.29, 1.82) is 0 Å². The zero-order valence-electron chi connectivity index (χ0n) is 12.6. The van der Waals surface area contributed by atoms with E-state index in [-0.39, 0.29) is 17.5 Å². The highest BCUT2D eigenvalue weighted by Crippen LogP contribution is 2.18. The van der Waals surface area contributed by atoms with Crippen LogP contribution in [0, 0.1) is 0 Å². The van der Waals surface area contributed by atoms with Crippen LogP contribution < -0.4 is 5.32 Å². The number of sulfone groups is 1. The molecule has 0 amide bonds. The molecule has 2 fully saturated rings. The van der Waals surface area contributed by atoms with Crippen molar-refractivity contribution in [1.82, 2.24) is 15.1 Å². The van der Waals surface area contributed by atoms with Crippen molar-refractivity contribution in [2.75, 3.05) is 57.9 Å². The first-order valence-electron chi connectivity index (χ1n) is 7.51. The standard InChI is InChI=1S/C13H25N3O3S2/c1-14-13(20)16(12-3-10-21(17,18)11-12)5-2-4-15-6-8-19-9-7-15/h12H,2-11H2,1H3,(H,14,20)/t12-/m1/s1. The molecule has 2 saturated heterocycles. The van der Waals surface area contributed by atoms with Crippen molar-refractivity contribution in [3.63, 3.8) is 0 Å². The quantitative estimate of drug-likeness (QED) is 0.692. The van der Waals surface area contributed by atoms with Gasteiger partial charge in [0.1, 0.15) is 0 Å². The van der Waals surface area contributed by atoms with Gasteiger partial charge in [-0.05, 0) is 25.1 Å². The molecule has 0 aromatic rings. The van der Waals surface area contributed by atoms with Crippen LogP contribution in [0.25, 0.3) is 0 Å². The molecule has 122 valence electrons. The molecular weight excluding hydrogens is 310 g/mol. The van der Waals surface area contributed by atoms with Crippen LogP contribution >= 0.6 is 12.2 Å². The van der Waals surface area contributed by atoms with Crippen molar-refractivity contribution < 1.29 is 13.2 Å². The van der Waals surface area contributed by atoms with E-state index in [1.54, 1.807) is 7.05 Å². The molecule has 0 bridgehead atoms. The molecular formula is C13H25N3O3S2. The van der Waals surface area contributed by atoms with Gasteiger partial charge in [0.05, 0.1) is 24.7 Å². The van der Waals surface area contributed by atoms with E-state index in [4.69, 9.17) is 17.0 Å². The number of hydrogen-bond acceptors (Lipinski definition) is 5. The third kappa shape index (κ3) is 5.05. The minimum absolute atomic E-state index is 0.0274. The van der Waals surface area contributed by atoms with Crippen LogP contribution in [0.1, 0.15) is 12.8 Å². The number of nitrogens with zero attached hydrogens (tertiary/aromatic N) is 2. The molecule has 0 aliphatic carbocycles. The fourth-order valence-electron chi connectivity index (χ4n) is 2.90. The van der Waals surface area contributed by atoms with Crippen LogP contribution in [0.15, 0.2) is 0 Å². The summed E-state index contributed by atoms with van der Waals surface area (Å²) in [5, 5.41) is 3.64. The van der Waals surface area contributed by atoms with Crippen LogP contribution in [0.5, 0.6) is 0 Å². The highest BCUT2D eigenvalue weighted by molar-refractivity contribution is 7.91. The van der Waals surface area contributed by atoms with Gasteiger partial charge < -0.3 is 15.0 Å². The average Bonchev–Trinajstić information content (AvgIpc) is 2.84. The predicted octanol–water partition coefficient (Wildman–Crippen LogP) is -0.298. The van der Waals surface area contributed by atoms with E-state index in [1.165, 1.54) is 0 Å². The van der Waals surface area contributed by atoms with Gasteiger partial charge in [-0.1, -0.05) is 0 Å². The van der Waals surface area contributed by atoms with Crippen molar-refractivity contribution in [3.8, 4) is 0 Å². The molecule has 8 heteroatoms. The number of hydrogen-bond donors (Lipinski definition) is 1. The number of morpholine rings is 1. The Balaban J connectivity index is 1.83. The monoisotopic (exact) mass is 335 g/mol. The Morgan fingerprint density at radius 2 is 2.14 bits per heavy atom. The molecule has 6 nitrogen and oxygen atoms in total. The van der Waals surface area contributed by atoms with Gasteiger partial charge in [0.25, 0.3) is 0 Å². The molecule has 0 aromatic carbocycles. The lowest BCUT2D eigenvalue weighted by molar-refractivity contribution is 0.0365. The number of rotatable bonds is 5. The third-order valence-electron chi connectivity index (χ3n) is 4.10. The summed E-state index contributed by atoms with van der Waals surface area (Å²) in [7, 11) is -1.09. The highest BCUT2D eigenvalue weighted by Gasteiger charge is 2.33. The summed E-state index contributed by atoms with van der Waals surface area (Å²) >= 11 is 5.34. The van der Waals surface area contributed by atoms with Crippen LogP contribution in [0.2, 0.25) is 0 Å². The normalized spacial score (nSPS) is 25.7. The Labute approximate surface area is 132 Å². The van der Waals surface area contributed by atoms with Gasteiger partial charge in [0.15, 0.2) is 14.9 Å². The maximum atomic E-state index is 11.7. The first kappa shape index (κ1) is 16.9. The molecule has 21 heavy (non-hydrogen) atoms. The summed E-state index contributed by atoms with van der Waals surface area (Å²) < 4.78 is 28.7. The van der Waals surface area contributed by atoms with Gasteiger partial charge in [0.2, 0.25) is 0 Å². The predicted molar refractivity (Wildman–Crippen MR) is 87.3 cm³/mol. The van der Waals surface area contributed by atoms with Gasteiger partial charge in [0, 0.05) is 39.3 Å². The molecule has 0 radical (unpaired) electrons. The summed E-state index contributed by atoms with van der Waals surface area (Å²) in [6.45, 7) is 5.38. The average molecular weight is 335 g/mol. The van der Waals surface area contributed by atoms with Crippen molar-refractivity contribution in [2.24, 2.45) is 0 Å². The lowest BCUT2D eigenvalue weighted by atomic mass is 10.2. The molecule has 1 N–H and O–H groups in total. The Kier molecular flexibility index (Phi) is 6.21. The zero-order valence-corrected chi connectivity index (χ0v) is 14.2. The van der Waals surface area contributed by atoms with E-state index in [2.05, 4.69) is 15.1 Å². The number of thiocarbonyl (C=S) groups is 1. The second-order valence-corrected chi connectivity index (χ2v) is 8.23. The molecule has 2 aliphatic heterocycles. The first-order valence-corrected chi connectivity index (χ1v) is 9.73. The molecule has 2 aliphatic rings. The minimum atomic E-state index is -2.88. The Hall–Kier alpha value is -0.440. The SMILES string of the molecule is CNC(=S)N(CCCN1CCOCC1)[C@@H]1CCS(=O)(=O)C1. The largest absolute Gasteiger partial charge is 0.379 e. The van der Waals surface area contributed by atoms with Crippen molar-refractivity contribution in [3.05, 3.63) is 0 Å². The van der Waals surface area contributed by atoms with E-state index in [1.807, 2.05) is 0 Å². The molecule has 0 saturated carbocycles. The zero-order chi connectivity index (χ0) is 15.3. The maximum Gasteiger partial charge on any atom is 0.168 e. The summed E-state index contributed by atoms with van der Waals surface area (Å²) in [5.74, 6) is 0.510. The lowest BCUT2D eigenvalue weighted by Gasteiger charge is -2.32. The molecule has 1 atom stereocenters. The Bertz CT molecular complexity index is 450. The van der Waals surface area contributed by atoms with E-state index in [9.17, 15) is 8.42 Å². The molecule has 2 heterocycles. The van der Waals surface area contributed by atoms with Crippen LogP contribution in [0.3, 0.4) is 0 Å². The fraction of sp³-hybridized carbons (Fsp3) is 0.923. The highest BCUT2D eigenvalue weighted by atomic mass is 32.2. The molecule has 2 rings (SSSR count). The lowest BCUT2D eigenvalue weighted by Crippen LogP contribution is -2.47. The molecule has 0 spiro atoms. The van der Waals surface area contributed by atoms with Gasteiger partial charge in [-0.25, -0.2) is 8.42 Å². The third-order valence-corrected chi connectivity index (χ3v) is 6.29. The number of nitrogens with one attached hydrogen (secondary N) is 1. The first-order chi connectivity index (χ1) is 10.0. The van der Waals surface area contributed by atoms with Crippen LogP contribution in [-0.4, -0.2) is 87.3 Å². The summed E-state index contributed by atoms with van der Waals surface area (Å²) in [5.41, 5.74) is 0. The van der Waals surface area contributed by atoms with E-state index in [0.717, 1.165) is 45.8 Å². The topological polar surface area (TPSA) is 61.9 Å². The van der Waals surface area contributed by atoms with Crippen LogP contribution in [0.4, 0.5) is 0 Å². The second-order valence-electron chi connectivity index (χ2n) is 5.61. The van der Waals surface area contributed by atoms with E-state index >= 15 is 0 Å². The maximum absolute atomic E-state index is 11.7. The van der Waals surface area contributed by atoms with Gasteiger partial charge in [-0.3, -0.25) is 4.90 Å². The van der Waals surface area contributed by atoms with Crippen LogP contribution in [-0.2, 0) is 14.6 Å². The summed E-state index contributed by atoms with van der Waals surface area (Å²) in [4.78, 5) is 4.44. The Morgan fingerprint density at radius 1 is 1.43 bits per heavy atom. The summed E-state index contributed by atoms with van der Waals surface area (Å²) in [6, 6.07) is 0.0274. The Morgan fingerprint density at radius 3 is 2.71 bits per heavy atom. The van der Waals surface area contributed by atoms with E-state index < -0.39 is 9.84 Å². The van der Waals surface area contributed by atoms with Gasteiger partial charge in [-0.15, -0.1) is 0 Å². The second kappa shape index (κ2) is 7.71. The molecule has 0 unspecified atom stereocenters.